The predicted molar refractivity (Wildman–Crippen MR) is 89.8 cm³/mol. The van der Waals surface area contributed by atoms with E-state index >= 15 is 0 Å². The molecule has 23 heavy (non-hydrogen) atoms. The molecule has 1 fully saturated rings. The Labute approximate surface area is 133 Å². The van der Waals surface area contributed by atoms with Gasteiger partial charge in [-0.15, -0.1) is 0 Å². The molecule has 2 aromatic heterocycles. The minimum absolute atomic E-state index is 0.0411. The molecule has 0 aliphatic heterocycles. The van der Waals surface area contributed by atoms with E-state index in [2.05, 4.69) is 20.6 Å². The highest BCUT2D eigenvalue weighted by molar-refractivity contribution is 5.95. The molecular formula is C18H16N4O. The van der Waals surface area contributed by atoms with Crippen LogP contribution in [-0.4, -0.2) is 21.9 Å². The number of carbonyl (C=O) groups excluding carboxylic acids is 1. The molecule has 0 radical (unpaired) electrons. The number of pyridine rings is 2. The summed E-state index contributed by atoms with van der Waals surface area (Å²) in [6.45, 7) is 0. The fraction of sp³-hybridized carbons (Fsp3) is 0.167. The van der Waals surface area contributed by atoms with Gasteiger partial charge in [-0.3, -0.25) is 9.78 Å². The van der Waals surface area contributed by atoms with Gasteiger partial charge in [0, 0.05) is 35.1 Å². The second-order valence-electron chi connectivity index (χ2n) is 5.71. The number of fused-ring (bicyclic) bond motifs is 1. The second-order valence-corrected chi connectivity index (χ2v) is 5.71. The van der Waals surface area contributed by atoms with Crippen LogP contribution in [0.2, 0.25) is 0 Å². The molecule has 0 spiro atoms. The average Bonchev–Trinajstić information content (AvgIpc) is 3.39. The summed E-state index contributed by atoms with van der Waals surface area (Å²) in [5.74, 6) is 0.609. The van der Waals surface area contributed by atoms with E-state index in [1.54, 1.807) is 24.5 Å². The lowest BCUT2D eigenvalue weighted by atomic mass is 10.2. The maximum absolute atomic E-state index is 12.1. The van der Waals surface area contributed by atoms with Crippen LogP contribution in [0.15, 0.2) is 54.9 Å². The maximum atomic E-state index is 12.1. The second kappa shape index (κ2) is 5.68. The number of amides is 1. The monoisotopic (exact) mass is 304 g/mol. The lowest BCUT2D eigenvalue weighted by Gasteiger charge is -2.08. The van der Waals surface area contributed by atoms with E-state index < -0.39 is 0 Å². The van der Waals surface area contributed by atoms with Gasteiger partial charge in [0.25, 0.3) is 5.91 Å². The van der Waals surface area contributed by atoms with Crippen LogP contribution in [0, 0.1) is 0 Å². The molecule has 1 aliphatic carbocycles. The van der Waals surface area contributed by atoms with Crippen molar-refractivity contribution in [1.82, 2.24) is 15.3 Å². The molecule has 0 bridgehead atoms. The molecule has 5 nitrogen and oxygen atoms in total. The van der Waals surface area contributed by atoms with Crippen molar-refractivity contribution in [1.29, 1.82) is 0 Å². The van der Waals surface area contributed by atoms with Crippen LogP contribution < -0.4 is 10.6 Å². The van der Waals surface area contributed by atoms with Crippen LogP contribution >= 0.6 is 0 Å². The third kappa shape index (κ3) is 3.13. The molecular weight excluding hydrogens is 288 g/mol. The summed E-state index contributed by atoms with van der Waals surface area (Å²) in [4.78, 5) is 20.7. The summed E-state index contributed by atoms with van der Waals surface area (Å²) >= 11 is 0. The number of hydrogen-bond donors (Lipinski definition) is 2. The van der Waals surface area contributed by atoms with Crippen LogP contribution in [0.4, 0.5) is 11.5 Å². The van der Waals surface area contributed by atoms with Gasteiger partial charge in [0.05, 0.1) is 5.52 Å². The number of benzene rings is 1. The van der Waals surface area contributed by atoms with Crippen molar-refractivity contribution < 1.29 is 4.79 Å². The van der Waals surface area contributed by atoms with Crippen LogP contribution in [0.5, 0.6) is 0 Å². The van der Waals surface area contributed by atoms with Gasteiger partial charge in [0.2, 0.25) is 0 Å². The minimum atomic E-state index is -0.0411. The highest BCUT2D eigenvalue weighted by Crippen LogP contribution is 2.22. The Hall–Kier alpha value is -2.95. The van der Waals surface area contributed by atoms with Crippen LogP contribution in [-0.2, 0) is 0 Å². The highest BCUT2D eigenvalue weighted by Gasteiger charge is 2.23. The Morgan fingerprint density at radius 1 is 1.04 bits per heavy atom. The van der Waals surface area contributed by atoms with E-state index in [-0.39, 0.29) is 5.91 Å². The number of nitrogens with zero attached hydrogens (tertiary/aromatic N) is 2. The largest absolute Gasteiger partial charge is 0.349 e. The summed E-state index contributed by atoms with van der Waals surface area (Å²) in [5.41, 5.74) is 2.48. The number of anilines is 2. The molecule has 0 saturated heterocycles. The fourth-order valence-electron chi connectivity index (χ4n) is 2.44. The third-order valence-corrected chi connectivity index (χ3v) is 3.81. The zero-order valence-corrected chi connectivity index (χ0v) is 12.5. The minimum Gasteiger partial charge on any atom is -0.349 e. The zero-order valence-electron chi connectivity index (χ0n) is 12.5. The lowest BCUT2D eigenvalue weighted by Crippen LogP contribution is -2.25. The van der Waals surface area contributed by atoms with Gasteiger partial charge in [0.15, 0.2) is 0 Å². The molecule has 4 rings (SSSR count). The van der Waals surface area contributed by atoms with E-state index in [1.165, 1.54) is 0 Å². The van der Waals surface area contributed by atoms with Gasteiger partial charge >= 0.3 is 0 Å². The fourth-order valence-corrected chi connectivity index (χ4v) is 2.44. The van der Waals surface area contributed by atoms with Gasteiger partial charge < -0.3 is 10.6 Å². The van der Waals surface area contributed by atoms with Crippen molar-refractivity contribution in [3.8, 4) is 0 Å². The Balaban J connectivity index is 1.56. The Morgan fingerprint density at radius 3 is 2.83 bits per heavy atom. The molecule has 2 heterocycles. The topological polar surface area (TPSA) is 66.9 Å². The van der Waals surface area contributed by atoms with Gasteiger partial charge in [-0.2, -0.15) is 0 Å². The molecule has 1 aromatic carbocycles. The van der Waals surface area contributed by atoms with Crippen molar-refractivity contribution >= 4 is 28.3 Å². The third-order valence-electron chi connectivity index (χ3n) is 3.81. The molecule has 114 valence electrons. The average molecular weight is 304 g/mol. The summed E-state index contributed by atoms with van der Waals surface area (Å²) in [5, 5.41) is 7.28. The van der Waals surface area contributed by atoms with E-state index in [4.69, 9.17) is 0 Å². The number of nitrogens with one attached hydrogen (secondary N) is 2. The molecule has 0 unspecified atom stereocenters. The smallest absolute Gasteiger partial charge is 0.251 e. The molecule has 1 saturated carbocycles. The van der Waals surface area contributed by atoms with E-state index in [1.807, 2.05) is 30.3 Å². The van der Waals surface area contributed by atoms with Crippen molar-refractivity contribution in [3.05, 3.63) is 60.4 Å². The quantitative estimate of drug-likeness (QED) is 0.776. The SMILES string of the molecule is O=C(NC1CC1)c1ccnc(Nc2ccc3ncccc3c2)c1. The maximum Gasteiger partial charge on any atom is 0.251 e. The van der Waals surface area contributed by atoms with E-state index in [9.17, 15) is 4.79 Å². The van der Waals surface area contributed by atoms with Crippen molar-refractivity contribution in [2.24, 2.45) is 0 Å². The van der Waals surface area contributed by atoms with Gasteiger partial charge in [0.1, 0.15) is 5.82 Å². The highest BCUT2D eigenvalue weighted by atomic mass is 16.1. The van der Waals surface area contributed by atoms with E-state index in [0.29, 0.717) is 17.4 Å². The van der Waals surface area contributed by atoms with Crippen LogP contribution in [0.3, 0.4) is 0 Å². The normalized spacial score (nSPS) is 13.7. The summed E-state index contributed by atoms with van der Waals surface area (Å²) in [6, 6.07) is 13.7. The Morgan fingerprint density at radius 2 is 1.96 bits per heavy atom. The number of carbonyl (C=O) groups is 1. The van der Waals surface area contributed by atoms with Gasteiger partial charge in [-0.05, 0) is 49.2 Å². The Bertz CT molecular complexity index is 874. The first kappa shape index (κ1) is 13.7. The van der Waals surface area contributed by atoms with Gasteiger partial charge in [-0.1, -0.05) is 6.07 Å². The van der Waals surface area contributed by atoms with Crippen molar-refractivity contribution in [2.75, 3.05) is 5.32 Å². The molecule has 1 amide bonds. The van der Waals surface area contributed by atoms with Crippen LogP contribution in [0.25, 0.3) is 10.9 Å². The number of aromatic nitrogens is 2. The summed E-state index contributed by atoms with van der Waals surface area (Å²) in [7, 11) is 0. The zero-order chi connectivity index (χ0) is 15.6. The standard InChI is InChI=1S/C18H16N4O/c23-18(22-14-3-4-14)13-7-9-20-17(11-13)21-15-5-6-16-12(10-15)2-1-8-19-16/h1-2,5-11,14H,3-4H2,(H,20,21)(H,22,23). The van der Waals surface area contributed by atoms with E-state index in [0.717, 1.165) is 29.4 Å². The van der Waals surface area contributed by atoms with Crippen molar-refractivity contribution in [3.63, 3.8) is 0 Å². The summed E-state index contributed by atoms with van der Waals surface area (Å²) < 4.78 is 0. The van der Waals surface area contributed by atoms with Gasteiger partial charge in [-0.25, -0.2) is 4.98 Å². The lowest BCUT2D eigenvalue weighted by molar-refractivity contribution is 0.0951. The number of hydrogen-bond acceptors (Lipinski definition) is 4. The first-order valence-corrected chi connectivity index (χ1v) is 7.67. The molecule has 0 atom stereocenters. The predicted octanol–water partition coefficient (Wildman–Crippen LogP) is 3.27. The molecule has 3 aromatic rings. The molecule has 2 N–H and O–H groups in total. The number of rotatable bonds is 4. The summed E-state index contributed by atoms with van der Waals surface area (Å²) in [6.07, 6.45) is 5.58. The Kier molecular flexibility index (Phi) is 3.38. The first-order chi connectivity index (χ1) is 11.3. The van der Waals surface area contributed by atoms with Crippen LogP contribution in [0.1, 0.15) is 23.2 Å². The molecule has 1 aliphatic rings. The first-order valence-electron chi connectivity index (χ1n) is 7.67. The molecule has 5 heteroatoms. The van der Waals surface area contributed by atoms with Crippen molar-refractivity contribution in [2.45, 2.75) is 18.9 Å².